The average Bonchev–Trinajstić information content (AvgIpc) is 3.31. The van der Waals surface area contributed by atoms with E-state index >= 15 is 0 Å². The minimum Gasteiger partial charge on any atom is -0.368 e. The third kappa shape index (κ3) is 3.49. The zero-order valence-electron chi connectivity index (χ0n) is 13.0. The second-order valence-corrected chi connectivity index (χ2v) is 6.44. The molecule has 1 saturated carbocycles. The highest BCUT2D eigenvalue weighted by molar-refractivity contribution is 5.75. The van der Waals surface area contributed by atoms with E-state index in [4.69, 9.17) is 0 Å². The van der Waals surface area contributed by atoms with Crippen LogP contribution >= 0.6 is 0 Å². The Labute approximate surface area is 127 Å². The first-order chi connectivity index (χ1) is 10.1. The van der Waals surface area contributed by atoms with Crippen LogP contribution < -0.4 is 10.2 Å². The Hall–Kier alpha value is -1.71. The third-order valence-electron chi connectivity index (χ3n) is 4.40. The number of carbonyl (C=O) groups is 1. The van der Waals surface area contributed by atoms with Crippen LogP contribution in [0.1, 0.15) is 38.2 Å². The minimum absolute atomic E-state index is 0.118. The lowest BCUT2D eigenvalue weighted by atomic mass is 10.0. The molecule has 114 valence electrons. The van der Waals surface area contributed by atoms with Crippen molar-refractivity contribution in [3.8, 4) is 0 Å². The van der Waals surface area contributed by atoms with E-state index in [2.05, 4.69) is 48.3 Å². The van der Waals surface area contributed by atoms with Gasteiger partial charge in [0.05, 0.1) is 0 Å². The number of piperazine rings is 1. The highest BCUT2D eigenvalue weighted by Crippen LogP contribution is 2.22. The fourth-order valence-corrected chi connectivity index (χ4v) is 2.73. The summed E-state index contributed by atoms with van der Waals surface area (Å²) in [7, 11) is 0. The van der Waals surface area contributed by atoms with Gasteiger partial charge >= 0.3 is 6.03 Å². The van der Waals surface area contributed by atoms with Gasteiger partial charge in [-0.25, -0.2) is 4.79 Å². The molecule has 2 fully saturated rings. The fraction of sp³-hybridized carbons (Fsp3) is 0.588. The summed E-state index contributed by atoms with van der Waals surface area (Å²) in [5.41, 5.74) is 2.64. The summed E-state index contributed by atoms with van der Waals surface area (Å²) in [5, 5.41) is 3.07. The van der Waals surface area contributed by atoms with Crippen LogP contribution in [0.5, 0.6) is 0 Å². The lowest BCUT2D eigenvalue weighted by Crippen LogP contribution is -2.52. The smallest absolute Gasteiger partial charge is 0.317 e. The van der Waals surface area contributed by atoms with Crippen LogP contribution in [0.2, 0.25) is 0 Å². The van der Waals surface area contributed by atoms with Crippen molar-refractivity contribution in [1.82, 2.24) is 10.2 Å². The number of rotatable bonds is 3. The lowest BCUT2D eigenvalue weighted by Gasteiger charge is -2.36. The Morgan fingerprint density at radius 1 is 1.10 bits per heavy atom. The van der Waals surface area contributed by atoms with Gasteiger partial charge < -0.3 is 15.1 Å². The van der Waals surface area contributed by atoms with Gasteiger partial charge in [-0.15, -0.1) is 0 Å². The maximum atomic E-state index is 12.0. The molecule has 1 aliphatic carbocycles. The number of hydrogen-bond acceptors (Lipinski definition) is 2. The highest BCUT2D eigenvalue weighted by atomic mass is 16.2. The van der Waals surface area contributed by atoms with Crippen LogP contribution in [-0.2, 0) is 0 Å². The van der Waals surface area contributed by atoms with Crippen LogP contribution in [0.4, 0.5) is 10.5 Å². The van der Waals surface area contributed by atoms with E-state index in [0.29, 0.717) is 12.0 Å². The molecule has 1 N–H and O–H groups in total. The number of amides is 2. The van der Waals surface area contributed by atoms with E-state index in [1.54, 1.807) is 0 Å². The zero-order chi connectivity index (χ0) is 14.8. The van der Waals surface area contributed by atoms with Crippen molar-refractivity contribution in [2.75, 3.05) is 31.1 Å². The number of carbonyl (C=O) groups excluding carboxylic acids is 1. The van der Waals surface area contributed by atoms with E-state index < -0.39 is 0 Å². The third-order valence-corrected chi connectivity index (χ3v) is 4.40. The summed E-state index contributed by atoms with van der Waals surface area (Å²) in [5.74, 6) is 0.571. The van der Waals surface area contributed by atoms with Crippen molar-refractivity contribution in [3.63, 3.8) is 0 Å². The summed E-state index contributed by atoms with van der Waals surface area (Å²) >= 11 is 0. The highest BCUT2D eigenvalue weighted by Gasteiger charge is 2.27. The van der Waals surface area contributed by atoms with E-state index in [1.165, 1.54) is 11.3 Å². The van der Waals surface area contributed by atoms with E-state index in [0.717, 1.165) is 39.0 Å². The van der Waals surface area contributed by atoms with Crippen molar-refractivity contribution in [1.29, 1.82) is 0 Å². The topological polar surface area (TPSA) is 35.6 Å². The first-order valence-corrected chi connectivity index (χ1v) is 8.04. The summed E-state index contributed by atoms with van der Waals surface area (Å²) in [6.45, 7) is 7.88. The largest absolute Gasteiger partial charge is 0.368 e. The Balaban J connectivity index is 1.53. The number of urea groups is 1. The fourth-order valence-electron chi connectivity index (χ4n) is 2.73. The molecular formula is C17H25N3O. The quantitative estimate of drug-likeness (QED) is 0.928. The molecular weight excluding hydrogens is 262 g/mol. The molecule has 0 bridgehead atoms. The number of hydrogen-bond donors (Lipinski definition) is 1. The van der Waals surface area contributed by atoms with Gasteiger partial charge in [0.15, 0.2) is 0 Å². The number of benzene rings is 1. The van der Waals surface area contributed by atoms with Crippen molar-refractivity contribution in [2.45, 2.75) is 38.6 Å². The van der Waals surface area contributed by atoms with Gasteiger partial charge in [-0.1, -0.05) is 26.0 Å². The van der Waals surface area contributed by atoms with E-state index in [1.807, 2.05) is 4.90 Å². The van der Waals surface area contributed by atoms with E-state index in [-0.39, 0.29) is 6.03 Å². The van der Waals surface area contributed by atoms with Gasteiger partial charge in [0.2, 0.25) is 0 Å². The second-order valence-electron chi connectivity index (χ2n) is 6.44. The molecule has 4 heteroatoms. The molecule has 1 aromatic rings. The van der Waals surface area contributed by atoms with Crippen LogP contribution in [0.25, 0.3) is 0 Å². The molecule has 0 atom stereocenters. The van der Waals surface area contributed by atoms with Crippen LogP contribution in [0.15, 0.2) is 24.3 Å². The van der Waals surface area contributed by atoms with Gasteiger partial charge in [0.1, 0.15) is 0 Å². The molecule has 0 unspecified atom stereocenters. The maximum absolute atomic E-state index is 12.0. The monoisotopic (exact) mass is 287 g/mol. The molecule has 2 aliphatic rings. The first-order valence-electron chi connectivity index (χ1n) is 8.04. The van der Waals surface area contributed by atoms with Gasteiger partial charge in [-0.05, 0) is 36.5 Å². The Kier molecular flexibility index (Phi) is 4.04. The maximum Gasteiger partial charge on any atom is 0.317 e. The van der Waals surface area contributed by atoms with Crippen molar-refractivity contribution in [3.05, 3.63) is 29.8 Å². The zero-order valence-corrected chi connectivity index (χ0v) is 13.0. The Morgan fingerprint density at radius 3 is 2.24 bits per heavy atom. The predicted molar refractivity (Wildman–Crippen MR) is 85.9 cm³/mol. The summed E-state index contributed by atoms with van der Waals surface area (Å²) in [6.07, 6.45) is 2.29. The van der Waals surface area contributed by atoms with Crippen molar-refractivity contribution < 1.29 is 4.79 Å². The predicted octanol–water partition coefficient (Wildman–Crippen LogP) is 2.80. The molecule has 1 aliphatic heterocycles. The second kappa shape index (κ2) is 5.96. The van der Waals surface area contributed by atoms with Gasteiger partial charge in [-0.3, -0.25) is 0 Å². The molecule has 1 aromatic carbocycles. The van der Waals surface area contributed by atoms with E-state index in [9.17, 15) is 4.79 Å². The van der Waals surface area contributed by atoms with Crippen LogP contribution in [0.3, 0.4) is 0 Å². The number of nitrogens with zero attached hydrogens (tertiary/aromatic N) is 2. The molecule has 3 rings (SSSR count). The molecule has 1 saturated heterocycles. The normalized spacial score (nSPS) is 19.0. The summed E-state index contributed by atoms with van der Waals surface area (Å²) in [6, 6.07) is 9.40. The molecule has 0 radical (unpaired) electrons. The van der Waals surface area contributed by atoms with Gasteiger partial charge in [0.25, 0.3) is 0 Å². The molecule has 2 amide bonds. The molecule has 1 heterocycles. The van der Waals surface area contributed by atoms with Gasteiger partial charge in [0, 0.05) is 37.9 Å². The Morgan fingerprint density at radius 2 is 1.71 bits per heavy atom. The number of anilines is 1. The molecule has 0 aromatic heterocycles. The Bertz CT molecular complexity index is 485. The standard InChI is InChI=1S/C17H25N3O/c1-13(2)14-3-7-16(8-4-14)19-9-11-20(12-10-19)17(21)18-15-5-6-15/h3-4,7-8,13,15H,5-6,9-12H2,1-2H3,(H,18,21). The SMILES string of the molecule is CC(C)c1ccc(N2CCN(C(=O)NC3CC3)CC2)cc1. The minimum atomic E-state index is 0.118. The molecule has 0 spiro atoms. The molecule has 4 nitrogen and oxygen atoms in total. The van der Waals surface area contributed by atoms with Crippen molar-refractivity contribution in [2.24, 2.45) is 0 Å². The van der Waals surface area contributed by atoms with Crippen LogP contribution in [0, 0.1) is 0 Å². The lowest BCUT2D eigenvalue weighted by molar-refractivity contribution is 0.194. The average molecular weight is 287 g/mol. The van der Waals surface area contributed by atoms with Crippen molar-refractivity contribution >= 4 is 11.7 Å². The van der Waals surface area contributed by atoms with Crippen LogP contribution in [-0.4, -0.2) is 43.2 Å². The summed E-state index contributed by atoms with van der Waals surface area (Å²) in [4.78, 5) is 16.3. The molecule has 21 heavy (non-hydrogen) atoms. The van der Waals surface area contributed by atoms with Gasteiger partial charge in [-0.2, -0.15) is 0 Å². The first kappa shape index (κ1) is 14.2. The summed E-state index contributed by atoms with van der Waals surface area (Å²) < 4.78 is 0. The number of nitrogens with one attached hydrogen (secondary N) is 1.